The van der Waals surface area contributed by atoms with Crippen LogP contribution in [0, 0.1) is 11.8 Å². The second kappa shape index (κ2) is 9.02. The average Bonchev–Trinajstić information content (AvgIpc) is 2.46. The maximum Gasteiger partial charge on any atom is 0.122 e. The fourth-order valence-corrected chi connectivity index (χ4v) is 2.90. The molecule has 0 bridgehead atoms. The molecule has 0 saturated carbocycles. The average molecular weight is 277 g/mol. The predicted molar refractivity (Wildman–Crippen MR) is 87.4 cm³/mol. The van der Waals surface area contributed by atoms with Crippen LogP contribution in [0.15, 0.2) is 24.3 Å². The highest BCUT2D eigenvalue weighted by Gasteiger charge is 2.20. The van der Waals surface area contributed by atoms with Crippen molar-refractivity contribution in [2.75, 3.05) is 13.7 Å². The SMILES string of the molecule is CCC(CC)C(CNC(C)C)Cc1ccccc1OC. The first kappa shape index (κ1) is 17.0. The van der Waals surface area contributed by atoms with Crippen LogP contribution in [0.25, 0.3) is 0 Å². The number of rotatable bonds is 9. The topological polar surface area (TPSA) is 21.3 Å². The molecular weight excluding hydrogens is 246 g/mol. The molecule has 0 spiro atoms. The van der Waals surface area contributed by atoms with Crippen LogP contribution in [0.2, 0.25) is 0 Å². The minimum Gasteiger partial charge on any atom is -0.496 e. The molecule has 1 aromatic rings. The molecule has 114 valence electrons. The van der Waals surface area contributed by atoms with Crippen molar-refractivity contribution in [3.05, 3.63) is 29.8 Å². The molecule has 1 aromatic carbocycles. The summed E-state index contributed by atoms with van der Waals surface area (Å²) >= 11 is 0. The molecule has 0 aliphatic carbocycles. The number of para-hydroxylation sites is 1. The molecule has 0 aromatic heterocycles. The molecule has 2 nitrogen and oxygen atoms in total. The molecule has 20 heavy (non-hydrogen) atoms. The van der Waals surface area contributed by atoms with Gasteiger partial charge in [-0.15, -0.1) is 0 Å². The standard InChI is InChI=1S/C18H31NO/c1-6-15(7-2)17(13-19-14(3)4)12-16-10-8-9-11-18(16)20-5/h8-11,14-15,17,19H,6-7,12-13H2,1-5H3. The zero-order chi connectivity index (χ0) is 15.0. The molecule has 1 N–H and O–H groups in total. The van der Waals surface area contributed by atoms with Gasteiger partial charge in [0.25, 0.3) is 0 Å². The quantitative estimate of drug-likeness (QED) is 0.727. The molecule has 2 heteroatoms. The highest BCUT2D eigenvalue weighted by molar-refractivity contribution is 5.33. The van der Waals surface area contributed by atoms with E-state index >= 15 is 0 Å². The van der Waals surface area contributed by atoms with E-state index in [4.69, 9.17) is 4.74 Å². The van der Waals surface area contributed by atoms with E-state index in [1.165, 1.54) is 18.4 Å². The van der Waals surface area contributed by atoms with Crippen molar-refractivity contribution in [3.8, 4) is 5.75 Å². The van der Waals surface area contributed by atoms with Crippen molar-refractivity contribution in [2.45, 2.75) is 53.0 Å². The Morgan fingerprint density at radius 3 is 2.25 bits per heavy atom. The van der Waals surface area contributed by atoms with E-state index in [9.17, 15) is 0 Å². The van der Waals surface area contributed by atoms with Crippen molar-refractivity contribution < 1.29 is 4.74 Å². The van der Waals surface area contributed by atoms with Gasteiger partial charge in [0.1, 0.15) is 5.75 Å². The van der Waals surface area contributed by atoms with Gasteiger partial charge in [-0.25, -0.2) is 0 Å². The molecule has 0 saturated heterocycles. The van der Waals surface area contributed by atoms with E-state index in [-0.39, 0.29) is 0 Å². The Morgan fingerprint density at radius 1 is 1.05 bits per heavy atom. The van der Waals surface area contributed by atoms with Crippen molar-refractivity contribution in [2.24, 2.45) is 11.8 Å². The van der Waals surface area contributed by atoms with Gasteiger partial charge in [0, 0.05) is 6.04 Å². The van der Waals surface area contributed by atoms with E-state index in [0.29, 0.717) is 12.0 Å². The Bertz CT molecular complexity index is 371. The summed E-state index contributed by atoms with van der Waals surface area (Å²) in [5.74, 6) is 2.46. The minimum atomic E-state index is 0.546. The third kappa shape index (κ3) is 5.16. The van der Waals surface area contributed by atoms with Gasteiger partial charge in [-0.1, -0.05) is 58.7 Å². The molecule has 0 heterocycles. The van der Waals surface area contributed by atoms with E-state index in [0.717, 1.165) is 24.6 Å². The van der Waals surface area contributed by atoms with Crippen LogP contribution in [-0.2, 0) is 6.42 Å². The molecule has 0 amide bonds. The number of ether oxygens (including phenoxy) is 1. The van der Waals surface area contributed by atoms with Gasteiger partial charge in [-0.2, -0.15) is 0 Å². The maximum atomic E-state index is 5.50. The molecule has 0 aliphatic heterocycles. The van der Waals surface area contributed by atoms with Crippen molar-refractivity contribution in [3.63, 3.8) is 0 Å². The number of methoxy groups -OCH3 is 1. The lowest BCUT2D eigenvalue weighted by Gasteiger charge is -2.27. The van der Waals surface area contributed by atoms with Gasteiger partial charge in [-0.3, -0.25) is 0 Å². The molecule has 1 atom stereocenters. The molecular formula is C18H31NO. The van der Waals surface area contributed by atoms with E-state index in [1.807, 2.05) is 6.07 Å². The summed E-state index contributed by atoms with van der Waals surface area (Å²) < 4.78 is 5.50. The highest BCUT2D eigenvalue weighted by atomic mass is 16.5. The summed E-state index contributed by atoms with van der Waals surface area (Å²) in [6.07, 6.45) is 3.59. The van der Waals surface area contributed by atoms with Gasteiger partial charge in [-0.05, 0) is 36.4 Å². The first-order valence-electron chi connectivity index (χ1n) is 7.97. The molecule has 0 fully saturated rings. The summed E-state index contributed by atoms with van der Waals surface area (Å²) in [5.41, 5.74) is 1.33. The number of hydrogen-bond donors (Lipinski definition) is 1. The number of nitrogens with one attached hydrogen (secondary N) is 1. The zero-order valence-electron chi connectivity index (χ0n) is 13.8. The largest absolute Gasteiger partial charge is 0.496 e. The predicted octanol–water partition coefficient (Wildman–Crippen LogP) is 4.29. The zero-order valence-corrected chi connectivity index (χ0v) is 13.8. The summed E-state index contributed by atoms with van der Waals surface area (Å²) in [7, 11) is 1.76. The lowest BCUT2D eigenvalue weighted by molar-refractivity contribution is 0.288. The normalized spacial score (nSPS) is 12.9. The van der Waals surface area contributed by atoms with Gasteiger partial charge < -0.3 is 10.1 Å². The summed E-state index contributed by atoms with van der Waals surface area (Å²) in [5, 5.41) is 3.61. The number of hydrogen-bond acceptors (Lipinski definition) is 2. The Balaban J connectivity index is 2.81. The third-order valence-electron chi connectivity index (χ3n) is 4.18. The van der Waals surface area contributed by atoms with Crippen LogP contribution in [0.1, 0.15) is 46.1 Å². The van der Waals surface area contributed by atoms with Crippen LogP contribution >= 0.6 is 0 Å². The van der Waals surface area contributed by atoms with E-state index in [2.05, 4.69) is 51.2 Å². The Morgan fingerprint density at radius 2 is 1.70 bits per heavy atom. The summed E-state index contributed by atoms with van der Waals surface area (Å²) in [4.78, 5) is 0. The third-order valence-corrected chi connectivity index (χ3v) is 4.18. The monoisotopic (exact) mass is 277 g/mol. The summed E-state index contributed by atoms with van der Waals surface area (Å²) in [6, 6.07) is 8.96. The van der Waals surface area contributed by atoms with Gasteiger partial charge in [0.05, 0.1) is 7.11 Å². The molecule has 1 unspecified atom stereocenters. The molecule has 1 rings (SSSR count). The summed E-state index contributed by atoms with van der Waals surface area (Å²) in [6.45, 7) is 10.1. The van der Waals surface area contributed by atoms with Gasteiger partial charge >= 0.3 is 0 Å². The van der Waals surface area contributed by atoms with Gasteiger partial charge in [0.2, 0.25) is 0 Å². The lowest BCUT2D eigenvalue weighted by atomic mass is 9.83. The van der Waals surface area contributed by atoms with Crippen LogP contribution < -0.4 is 10.1 Å². The second-order valence-corrected chi connectivity index (χ2v) is 5.92. The smallest absolute Gasteiger partial charge is 0.122 e. The van der Waals surface area contributed by atoms with Crippen LogP contribution in [0.4, 0.5) is 0 Å². The van der Waals surface area contributed by atoms with E-state index in [1.54, 1.807) is 7.11 Å². The van der Waals surface area contributed by atoms with Crippen molar-refractivity contribution >= 4 is 0 Å². The Labute approximate surface area is 124 Å². The van der Waals surface area contributed by atoms with Crippen molar-refractivity contribution in [1.29, 1.82) is 0 Å². The van der Waals surface area contributed by atoms with Crippen LogP contribution in [0.3, 0.4) is 0 Å². The lowest BCUT2D eigenvalue weighted by Crippen LogP contribution is -2.33. The highest BCUT2D eigenvalue weighted by Crippen LogP contribution is 2.27. The first-order valence-corrected chi connectivity index (χ1v) is 7.97. The Kier molecular flexibility index (Phi) is 7.68. The fraction of sp³-hybridized carbons (Fsp3) is 0.667. The van der Waals surface area contributed by atoms with Crippen LogP contribution in [0.5, 0.6) is 5.75 Å². The second-order valence-electron chi connectivity index (χ2n) is 5.92. The number of benzene rings is 1. The Hall–Kier alpha value is -1.02. The van der Waals surface area contributed by atoms with E-state index < -0.39 is 0 Å². The fourth-order valence-electron chi connectivity index (χ4n) is 2.90. The van der Waals surface area contributed by atoms with Crippen LogP contribution in [-0.4, -0.2) is 19.7 Å². The maximum absolute atomic E-state index is 5.50. The molecule has 0 aliphatic rings. The molecule has 0 radical (unpaired) electrons. The van der Waals surface area contributed by atoms with Crippen molar-refractivity contribution in [1.82, 2.24) is 5.32 Å². The first-order chi connectivity index (χ1) is 9.62. The minimum absolute atomic E-state index is 0.546. The van der Waals surface area contributed by atoms with Gasteiger partial charge in [0.15, 0.2) is 0 Å².